The summed E-state index contributed by atoms with van der Waals surface area (Å²) in [6, 6.07) is 0. The summed E-state index contributed by atoms with van der Waals surface area (Å²) in [6.45, 7) is 14.1. The van der Waals surface area contributed by atoms with Crippen molar-refractivity contribution >= 4 is 39.5 Å². The number of aliphatic hydroxyl groups excluding tert-OH is 1. The van der Waals surface area contributed by atoms with Gasteiger partial charge in [0.1, 0.15) is 19.3 Å². The van der Waals surface area contributed by atoms with Gasteiger partial charge in [-0.2, -0.15) is 0 Å². The summed E-state index contributed by atoms with van der Waals surface area (Å²) in [5.41, 5.74) is 0. The highest BCUT2D eigenvalue weighted by Crippen LogP contribution is 2.45. The van der Waals surface area contributed by atoms with Crippen LogP contribution < -0.4 is 0 Å². The fourth-order valence-electron chi connectivity index (χ4n) is 10.5. The first kappa shape index (κ1) is 87.1. The molecule has 0 aromatic rings. The Labute approximate surface area is 543 Å². The van der Waals surface area contributed by atoms with E-state index in [4.69, 9.17) is 37.0 Å². The number of aliphatic hydroxyl groups is 1. The fraction of sp³-hybridized carbons (Fsp3) is 0.943. The zero-order chi connectivity index (χ0) is 66.1. The Hall–Kier alpha value is -1.94. The molecule has 0 aromatic heterocycles. The Kier molecular flexibility index (Phi) is 58.5. The molecule has 0 aliphatic heterocycles. The van der Waals surface area contributed by atoms with Gasteiger partial charge >= 0.3 is 39.5 Å². The quantitative estimate of drug-likeness (QED) is 0.0222. The maximum atomic E-state index is 13.0. The third-order valence-electron chi connectivity index (χ3n) is 16.4. The second-order valence-electron chi connectivity index (χ2n) is 26.9. The molecule has 0 heterocycles. The van der Waals surface area contributed by atoms with Crippen molar-refractivity contribution in [1.82, 2.24) is 0 Å². The van der Waals surface area contributed by atoms with Crippen molar-refractivity contribution in [1.29, 1.82) is 0 Å². The number of hydrogen-bond acceptors (Lipinski definition) is 15. The molecule has 0 spiro atoms. The van der Waals surface area contributed by atoms with Crippen LogP contribution in [0.15, 0.2) is 0 Å². The number of carbonyl (C=O) groups is 4. The molecule has 0 rings (SSSR count). The van der Waals surface area contributed by atoms with Gasteiger partial charge in [-0.25, -0.2) is 9.13 Å². The average molecular weight is 1310 g/mol. The maximum Gasteiger partial charge on any atom is 0.472 e. The smallest absolute Gasteiger partial charge is 0.462 e. The molecular weight excluding hydrogens is 1170 g/mol. The molecule has 0 aliphatic carbocycles. The number of ether oxygens (including phenoxy) is 4. The number of phosphoric ester groups is 2. The van der Waals surface area contributed by atoms with Crippen LogP contribution in [0.5, 0.6) is 0 Å². The van der Waals surface area contributed by atoms with Crippen molar-refractivity contribution in [2.75, 3.05) is 39.6 Å². The van der Waals surface area contributed by atoms with E-state index in [1.165, 1.54) is 148 Å². The van der Waals surface area contributed by atoms with E-state index >= 15 is 0 Å². The van der Waals surface area contributed by atoms with Crippen LogP contribution in [0.3, 0.4) is 0 Å². The molecule has 6 atom stereocenters. The van der Waals surface area contributed by atoms with Crippen molar-refractivity contribution in [2.45, 2.75) is 363 Å². The molecule has 0 saturated carbocycles. The van der Waals surface area contributed by atoms with E-state index in [9.17, 15) is 43.2 Å². The van der Waals surface area contributed by atoms with E-state index in [0.717, 1.165) is 114 Å². The minimum absolute atomic E-state index is 0.103. The molecule has 0 aromatic carbocycles. The monoisotopic (exact) mass is 1310 g/mol. The number of rotatable bonds is 67. The molecule has 0 amide bonds. The Morgan fingerprint density at radius 1 is 0.315 bits per heavy atom. The summed E-state index contributed by atoms with van der Waals surface area (Å²) in [6.07, 6.45) is 41.6. The summed E-state index contributed by atoms with van der Waals surface area (Å²) in [5.74, 6) is 0.875. The zero-order valence-corrected chi connectivity index (χ0v) is 59.8. The summed E-state index contributed by atoms with van der Waals surface area (Å²) >= 11 is 0. The number of phosphoric acid groups is 2. The number of hydrogen-bond donors (Lipinski definition) is 3. The van der Waals surface area contributed by atoms with Crippen LogP contribution in [0.25, 0.3) is 0 Å². The van der Waals surface area contributed by atoms with Gasteiger partial charge in [-0.1, -0.05) is 293 Å². The highest BCUT2D eigenvalue weighted by atomic mass is 31.2. The van der Waals surface area contributed by atoms with Crippen LogP contribution >= 0.6 is 15.6 Å². The lowest BCUT2D eigenvalue weighted by molar-refractivity contribution is -0.161. The molecule has 3 N–H and O–H groups in total. The van der Waals surface area contributed by atoms with E-state index in [2.05, 4.69) is 55.4 Å². The molecule has 89 heavy (non-hydrogen) atoms. The average Bonchev–Trinajstić information content (AvgIpc) is 3.70. The van der Waals surface area contributed by atoms with Crippen LogP contribution in [-0.4, -0.2) is 96.7 Å². The van der Waals surface area contributed by atoms with E-state index in [0.29, 0.717) is 25.7 Å². The topological polar surface area (TPSA) is 237 Å². The minimum Gasteiger partial charge on any atom is -0.462 e. The van der Waals surface area contributed by atoms with E-state index in [1.807, 2.05) is 0 Å². The second kappa shape index (κ2) is 59.8. The Morgan fingerprint density at radius 2 is 0.539 bits per heavy atom. The van der Waals surface area contributed by atoms with Gasteiger partial charge in [-0.3, -0.25) is 37.3 Å². The van der Waals surface area contributed by atoms with Gasteiger partial charge in [-0.15, -0.1) is 0 Å². The Morgan fingerprint density at radius 3 is 0.798 bits per heavy atom. The predicted octanol–water partition coefficient (Wildman–Crippen LogP) is 19.7. The maximum absolute atomic E-state index is 13.0. The van der Waals surface area contributed by atoms with Crippen molar-refractivity contribution in [2.24, 2.45) is 23.7 Å². The Bertz CT molecular complexity index is 1770. The fourth-order valence-corrected chi connectivity index (χ4v) is 12.0. The Balaban J connectivity index is 5.27. The normalized spacial score (nSPS) is 14.6. The van der Waals surface area contributed by atoms with Crippen LogP contribution in [0.4, 0.5) is 0 Å². The standard InChI is InChI=1S/C70H136O17P2/c1-9-63(8)49-41-33-25-15-11-13-16-26-34-42-50-67(72)80-56-65(86-69(74)52-44-36-28-17-12-10-14-22-30-38-46-60(2)3)58-84-88(76,77)82-54-64(71)55-83-89(78,79)85-59-66(87-70(75)53-45-37-29-21-19-24-32-40-48-62(6)7)57-81-68(73)51-43-35-27-20-18-23-31-39-47-61(4)5/h60-66,71H,9-59H2,1-8H3,(H,76,77)(H,78,79)/t63?,64?,65-,66-/m1/s1. The first-order valence-corrected chi connectivity index (χ1v) is 39.2. The van der Waals surface area contributed by atoms with Gasteiger partial charge < -0.3 is 33.8 Å². The summed E-state index contributed by atoms with van der Waals surface area (Å²) in [4.78, 5) is 72.5. The molecule has 0 fully saturated rings. The van der Waals surface area contributed by atoms with Gasteiger partial charge in [0.15, 0.2) is 12.2 Å². The number of esters is 4. The predicted molar refractivity (Wildman–Crippen MR) is 358 cm³/mol. The minimum atomic E-state index is -4.95. The van der Waals surface area contributed by atoms with Gasteiger partial charge in [0, 0.05) is 25.7 Å². The molecule has 4 unspecified atom stereocenters. The molecule has 17 nitrogen and oxygen atoms in total. The molecule has 528 valence electrons. The van der Waals surface area contributed by atoms with Gasteiger partial charge in [0.05, 0.1) is 26.4 Å². The largest absolute Gasteiger partial charge is 0.472 e. The highest BCUT2D eigenvalue weighted by molar-refractivity contribution is 7.47. The molecule has 0 bridgehead atoms. The number of carbonyl (C=O) groups excluding carboxylic acids is 4. The second-order valence-corrected chi connectivity index (χ2v) is 29.8. The first-order valence-electron chi connectivity index (χ1n) is 36.2. The van der Waals surface area contributed by atoms with Crippen molar-refractivity contribution < 1.29 is 80.2 Å². The van der Waals surface area contributed by atoms with Gasteiger partial charge in [0.25, 0.3) is 0 Å². The molecule has 19 heteroatoms. The molecular formula is C70H136O17P2. The zero-order valence-electron chi connectivity index (χ0n) is 58.1. The van der Waals surface area contributed by atoms with Crippen LogP contribution in [0.2, 0.25) is 0 Å². The van der Waals surface area contributed by atoms with Crippen LogP contribution in [0, 0.1) is 23.7 Å². The molecule has 0 radical (unpaired) electrons. The first-order chi connectivity index (χ1) is 42.6. The van der Waals surface area contributed by atoms with Crippen LogP contribution in [-0.2, 0) is 65.4 Å². The molecule has 0 aliphatic rings. The summed E-state index contributed by atoms with van der Waals surface area (Å²) < 4.78 is 68.3. The summed E-state index contributed by atoms with van der Waals surface area (Å²) in [5, 5.41) is 10.6. The SMILES string of the molecule is CCC(C)CCCCCCCCCCCCC(=O)OC[C@H](COP(=O)(O)OCC(O)COP(=O)(O)OC[C@@H](COC(=O)CCCCCCCCCCC(C)C)OC(=O)CCCCCCCCCCC(C)C)OC(=O)CCCCCCCCCCCCC(C)C. The van der Waals surface area contributed by atoms with Gasteiger partial charge in [-0.05, 0) is 49.4 Å². The van der Waals surface area contributed by atoms with E-state index in [-0.39, 0.29) is 25.7 Å². The third kappa shape index (κ3) is 63.2. The molecule has 0 saturated heterocycles. The van der Waals surface area contributed by atoms with E-state index < -0.39 is 97.5 Å². The number of unbranched alkanes of at least 4 members (excludes halogenated alkanes) is 32. The lowest BCUT2D eigenvalue weighted by Crippen LogP contribution is -2.30. The van der Waals surface area contributed by atoms with Gasteiger partial charge in [0.2, 0.25) is 0 Å². The third-order valence-corrected chi connectivity index (χ3v) is 18.3. The van der Waals surface area contributed by atoms with Crippen molar-refractivity contribution in [3.05, 3.63) is 0 Å². The van der Waals surface area contributed by atoms with Crippen molar-refractivity contribution in [3.8, 4) is 0 Å². The lowest BCUT2D eigenvalue weighted by Gasteiger charge is -2.21. The van der Waals surface area contributed by atoms with Crippen molar-refractivity contribution in [3.63, 3.8) is 0 Å². The van der Waals surface area contributed by atoms with Crippen LogP contribution in [0.1, 0.15) is 344 Å². The van der Waals surface area contributed by atoms with E-state index in [1.54, 1.807) is 0 Å². The summed E-state index contributed by atoms with van der Waals surface area (Å²) in [7, 11) is -9.90. The highest BCUT2D eigenvalue weighted by Gasteiger charge is 2.30. The lowest BCUT2D eigenvalue weighted by atomic mass is 9.99.